The van der Waals surface area contributed by atoms with Crippen LogP contribution in [0.15, 0.2) is 30.3 Å². The average Bonchev–Trinajstić information content (AvgIpc) is 3.06. The van der Waals surface area contributed by atoms with Crippen LogP contribution in [0.5, 0.6) is 0 Å². The molecule has 198 valence electrons. The monoisotopic (exact) mass is 498 g/mol. The van der Waals surface area contributed by atoms with Crippen molar-refractivity contribution in [2.75, 3.05) is 53.5 Å². The van der Waals surface area contributed by atoms with Gasteiger partial charge in [0, 0.05) is 31.5 Å². The van der Waals surface area contributed by atoms with Crippen molar-refractivity contribution in [1.29, 1.82) is 0 Å². The largest absolute Gasteiger partial charge is 0.388 e. The Morgan fingerprint density at radius 2 is 1.81 bits per heavy atom. The molecule has 8 nitrogen and oxygen atoms in total. The Labute approximate surface area is 214 Å². The van der Waals surface area contributed by atoms with E-state index in [0.717, 1.165) is 51.5 Å². The molecule has 2 saturated carbocycles. The summed E-state index contributed by atoms with van der Waals surface area (Å²) in [6.07, 6.45) is 6.62. The molecule has 0 unspecified atom stereocenters. The molecule has 0 radical (unpaired) electrons. The summed E-state index contributed by atoms with van der Waals surface area (Å²) in [4.78, 5) is 32.2. The number of hydrogen-bond acceptors (Lipinski definition) is 5. The van der Waals surface area contributed by atoms with Crippen LogP contribution in [0.2, 0.25) is 0 Å². The lowest BCUT2D eigenvalue weighted by atomic mass is 9.63. The Balaban J connectivity index is 1.32. The lowest BCUT2D eigenvalue weighted by molar-refractivity contribution is -0.125. The molecular formula is C28H42N4O4. The molecule has 0 atom stereocenters. The van der Waals surface area contributed by atoms with E-state index in [4.69, 9.17) is 4.74 Å². The van der Waals surface area contributed by atoms with Crippen LogP contribution in [0.1, 0.15) is 56.9 Å². The molecule has 1 aromatic rings. The van der Waals surface area contributed by atoms with E-state index < -0.39 is 5.60 Å². The maximum absolute atomic E-state index is 13.7. The van der Waals surface area contributed by atoms with Crippen molar-refractivity contribution < 1.29 is 19.4 Å². The number of nitrogens with one attached hydrogen (secondary N) is 1. The van der Waals surface area contributed by atoms with Crippen molar-refractivity contribution in [3.63, 3.8) is 0 Å². The number of rotatable bonds is 9. The number of aliphatic hydroxyl groups is 1. The van der Waals surface area contributed by atoms with Gasteiger partial charge in [0.05, 0.1) is 36.9 Å². The van der Waals surface area contributed by atoms with Crippen LogP contribution in [0.25, 0.3) is 0 Å². The third kappa shape index (κ3) is 5.00. The average molecular weight is 499 g/mol. The zero-order chi connectivity index (χ0) is 25.4. The van der Waals surface area contributed by atoms with Gasteiger partial charge in [-0.2, -0.15) is 0 Å². The lowest BCUT2D eigenvalue weighted by Gasteiger charge is -2.51. The second-order valence-electron chi connectivity index (χ2n) is 12.0. The van der Waals surface area contributed by atoms with E-state index in [0.29, 0.717) is 39.3 Å². The fourth-order valence-electron chi connectivity index (χ4n) is 6.74. The molecule has 5 rings (SSSR count). The fraction of sp³-hybridized carbons (Fsp3) is 0.714. The smallest absolute Gasteiger partial charge is 0.320 e. The van der Waals surface area contributed by atoms with Gasteiger partial charge in [-0.3, -0.25) is 4.79 Å². The van der Waals surface area contributed by atoms with Crippen molar-refractivity contribution in [3.05, 3.63) is 35.9 Å². The van der Waals surface area contributed by atoms with Crippen LogP contribution in [0.3, 0.4) is 0 Å². The first kappa shape index (κ1) is 25.5. The predicted molar refractivity (Wildman–Crippen MR) is 138 cm³/mol. The van der Waals surface area contributed by atoms with E-state index in [1.807, 2.05) is 9.80 Å². The van der Waals surface area contributed by atoms with Crippen LogP contribution in [-0.4, -0.2) is 102 Å². The molecule has 2 aliphatic carbocycles. The molecule has 4 fully saturated rings. The third-order valence-electron chi connectivity index (χ3n) is 9.05. The molecule has 1 spiro atoms. The normalized spacial score (nSPS) is 29.9. The first-order valence-electron chi connectivity index (χ1n) is 13.6. The van der Waals surface area contributed by atoms with Crippen molar-refractivity contribution in [3.8, 4) is 0 Å². The second kappa shape index (κ2) is 9.95. The SMILES string of the molecule is CN(C)CC1(c2ccccc2)CCC2(CC1)CN(CCC(=O)NC1COC1)C(=O)N2CC1(O)CCC1. The highest BCUT2D eigenvalue weighted by atomic mass is 16.5. The predicted octanol–water partition coefficient (Wildman–Crippen LogP) is 2.36. The number of amides is 3. The van der Waals surface area contributed by atoms with Gasteiger partial charge >= 0.3 is 6.03 Å². The quantitative estimate of drug-likeness (QED) is 0.546. The highest BCUT2D eigenvalue weighted by Gasteiger charge is 2.56. The Hall–Kier alpha value is -2.16. The molecular weight excluding hydrogens is 456 g/mol. The number of nitrogens with zero attached hydrogens (tertiary/aromatic N) is 3. The number of carbonyl (C=O) groups excluding carboxylic acids is 2. The van der Waals surface area contributed by atoms with Crippen LogP contribution in [0, 0.1) is 0 Å². The summed E-state index contributed by atoms with van der Waals surface area (Å²) in [7, 11) is 4.27. The number of benzene rings is 1. The lowest BCUT2D eigenvalue weighted by Crippen LogP contribution is -2.59. The van der Waals surface area contributed by atoms with Crippen LogP contribution in [-0.2, 0) is 14.9 Å². The maximum atomic E-state index is 13.7. The Morgan fingerprint density at radius 3 is 2.36 bits per heavy atom. The van der Waals surface area contributed by atoms with Crippen molar-refractivity contribution >= 4 is 11.9 Å². The van der Waals surface area contributed by atoms with E-state index >= 15 is 0 Å². The van der Waals surface area contributed by atoms with Gasteiger partial charge in [0.1, 0.15) is 0 Å². The maximum Gasteiger partial charge on any atom is 0.320 e. The third-order valence-corrected chi connectivity index (χ3v) is 9.05. The number of hydrogen-bond donors (Lipinski definition) is 2. The zero-order valence-corrected chi connectivity index (χ0v) is 21.9. The minimum Gasteiger partial charge on any atom is -0.388 e. The topological polar surface area (TPSA) is 85.4 Å². The second-order valence-corrected chi connectivity index (χ2v) is 12.0. The van der Waals surface area contributed by atoms with Gasteiger partial charge in [-0.1, -0.05) is 30.3 Å². The summed E-state index contributed by atoms with van der Waals surface area (Å²) >= 11 is 0. The zero-order valence-electron chi connectivity index (χ0n) is 21.9. The number of β-amino-alcohol motifs (C(OH)–C–C–N with tert-alkyl or cyclic N) is 1. The first-order valence-corrected chi connectivity index (χ1v) is 13.6. The van der Waals surface area contributed by atoms with Gasteiger partial charge in [-0.25, -0.2) is 4.79 Å². The number of likely N-dealkylation sites (N-methyl/N-ethyl adjacent to an activating group) is 1. The molecule has 0 aromatic heterocycles. The Morgan fingerprint density at radius 1 is 1.11 bits per heavy atom. The molecule has 8 heteroatoms. The highest BCUT2D eigenvalue weighted by molar-refractivity contribution is 5.80. The van der Waals surface area contributed by atoms with Crippen molar-refractivity contribution in [2.45, 2.75) is 74.0 Å². The Bertz CT molecular complexity index is 936. The molecule has 4 aliphatic rings. The minimum atomic E-state index is -0.766. The summed E-state index contributed by atoms with van der Waals surface area (Å²) in [5.74, 6) is -0.0288. The molecule has 0 bridgehead atoms. The van der Waals surface area contributed by atoms with Crippen LogP contribution in [0.4, 0.5) is 4.79 Å². The van der Waals surface area contributed by atoms with Crippen LogP contribution >= 0.6 is 0 Å². The van der Waals surface area contributed by atoms with Gasteiger partial charge in [0.2, 0.25) is 5.91 Å². The Kier molecular flexibility index (Phi) is 7.05. The van der Waals surface area contributed by atoms with Gasteiger partial charge in [-0.15, -0.1) is 0 Å². The summed E-state index contributed by atoms with van der Waals surface area (Å²) in [5, 5.41) is 14.0. The standard InChI is InChI=1S/C28H42N4O4/c1-30(2)19-26(22-7-4-3-5-8-22)12-14-27(15-13-26)20-31(16-9-24(33)29-23-17-36-18-23)25(34)32(27)21-28(35)10-6-11-28/h3-5,7-8,23,35H,6,9-21H2,1-2H3,(H,29,33). The van der Waals surface area contributed by atoms with Gasteiger partial charge in [0.15, 0.2) is 0 Å². The number of urea groups is 1. The van der Waals surface area contributed by atoms with Gasteiger partial charge in [0.25, 0.3) is 0 Å². The van der Waals surface area contributed by atoms with Crippen molar-refractivity contribution in [1.82, 2.24) is 20.0 Å². The first-order chi connectivity index (χ1) is 17.2. The van der Waals surface area contributed by atoms with E-state index in [1.54, 1.807) is 0 Å². The summed E-state index contributed by atoms with van der Waals surface area (Å²) in [6.45, 7) is 3.56. The van der Waals surface area contributed by atoms with Gasteiger partial charge in [-0.05, 0) is 64.6 Å². The molecule has 2 aliphatic heterocycles. The molecule has 2 saturated heterocycles. The molecule has 2 N–H and O–H groups in total. The number of carbonyl (C=O) groups is 2. The molecule has 36 heavy (non-hydrogen) atoms. The van der Waals surface area contributed by atoms with Crippen molar-refractivity contribution in [2.24, 2.45) is 0 Å². The number of ether oxygens (including phenoxy) is 1. The summed E-state index contributed by atoms with van der Waals surface area (Å²) < 4.78 is 5.14. The van der Waals surface area contributed by atoms with Gasteiger partial charge < -0.3 is 29.9 Å². The fourth-order valence-corrected chi connectivity index (χ4v) is 6.74. The summed E-state index contributed by atoms with van der Waals surface area (Å²) in [6, 6.07) is 10.9. The van der Waals surface area contributed by atoms with Crippen LogP contribution < -0.4 is 5.32 Å². The van der Waals surface area contributed by atoms with E-state index in [2.05, 4.69) is 54.6 Å². The molecule has 3 amide bonds. The summed E-state index contributed by atoms with van der Waals surface area (Å²) in [5.41, 5.74) is 0.370. The van der Waals surface area contributed by atoms with E-state index in [1.165, 1.54) is 5.56 Å². The highest BCUT2D eigenvalue weighted by Crippen LogP contribution is 2.49. The minimum absolute atomic E-state index is 0.0186. The molecule has 1 aromatic carbocycles. The molecule has 2 heterocycles. The van der Waals surface area contributed by atoms with E-state index in [9.17, 15) is 14.7 Å². The van der Waals surface area contributed by atoms with E-state index in [-0.39, 0.29) is 28.9 Å².